The summed E-state index contributed by atoms with van der Waals surface area (Å²) in [6.45, 7) is 4.80. The number of aryl methyl sites for hydroxylation is 1. The lowest BCUT2D eigenvalue weighted by atomic mass is 10.1. The standard InChI is InChI=1S/C15H21NO3/c1-11-5-3-6-13(9-11)19-10-15(17)16-12(2)14-7-4-8-18-14/h3,5-6,9,12,14H,4,7-8,10H2,1-2H3,(H,16,17)/t12-,14-/m0/s1. The van der Waals surface area contributed by atoms with Gasteiger partial charge in [-0.1, -0.05) is 12.1 Å². The minimum Gasteiger partial charge on any atom is -0.484 e. The van der Waals surface area contributed by atoms with E-state index in [4.69, 9.17) is 9.47 Å². The fourth-order valence-electron chi connectivity index (χ4n) is 2.24. The molecule has 2 rings (SSSR count). The Hall–Kier alpha value is -1.55. The highest BCUT2D eigenvalue weighted by atomic mass is 16.5. The van der Waals surface area contributed by atoms with E-state index in [1.807, 2.05) is 38.1 Å². The van der Waals surface area contributed by atoms with E-state index in [9.17, 15) is 4.79 Å². The number of hydrogen-bond acceptors (Lipinski definition) is 3. The molecule has 1 saturated heterocycles. The van der Waals surface area contributed by atoms with Crippen LogP contribution in [-0.4, -0.2) is 31.3 Å². The number of amides is 1. The number of benzene rings is 1. The van der Waals surface area contributed by atoms with Crippen LogP contribution in [0, 0.1) is 6.92 Å². The van der Waals surface area contributed by atoms with Gasteiger partial charge in [-0.2, -0.15) is 0 Å². The lowest BCUT2D eigenvalue weighted by molar-refractivity contribution is -0.124. The summed E-state index contributed by atoms with van der Waals surface area (Å²) >= 11 is 0. The zero-order valence-electron chi connectivity index (χ0n) is 11.5. The summed E-state index contributed by atoms with van der Waals surface area (Å²) in [7, 11) is 0. The third kappa shape index (κ3) is 4.24. The van der Waals surface area contributed by atoms with Gasteiger partial charge in [0.05, 0.1) is 12.1 Å². The van der Waals surface area contributed by atoms with E-state index in [1.54, 1.807) is 0 Å². The number of nitrogens with one attached hydrogen (secondary N) is 1. The minimum absolute atomic E-state index is 0.0381. The molecule has 1 aromatic carbocycles. The molecule has 0 saturated carbocycles. The second-order valence-corrected chi connectivity index (χ2v) is 5.01. The number of rotatable bonds is 5. The highest BCUT2D eigenvalue weighted by Crippen LogP contribution is 2.15. The van der Waals surface area contributed by atoms with Gasteiger partial charge in [0.1, 0.15) is 5.75 Å². The first-order chi connectivity index (χ1) is 9.15. The summed E-state index contributed by atoms with van der Waals surface area (Å²) in [5, 5.41) is 2.92. The minimum atomic E-state index is -0.107. The quantitative estimate of drug-likeness (QED) is 0.884. The predicted octanol–water partition coefficient (Wildman–Crippen LogP) is 2.06. The maximum atomic E-state index is 11.8. The van der Waals surface area contributed by atoms with E-state index in [1.165, 1.54) is 0 Å². The lowest BCUT2D eigenvalue weighted by Gasteiger charge is -2.20. The highest BCUT2D eigenvalue weighted by molar-refractivity contribution is 5.77. The van der Waals surface area contributed by atoms with Crippen LogP contribution in [-0.2, 0) is 9.53 Å². The molecule has 0 unspecified atom stereocenters. The molecule has 1 aliphatic rings. The van der Waals surface area contributed by atoms with Gasteiger partial charge in [0.15, 0.2) is 6.61 Å². The second kappa shape index (κ2) is 6.57. The zero-order chi connectivity index (χ0) is 13.7. The molecule has 2 atom stereocenters. The van der Waals surface area contributed by atoms with Crippen LogP contribution in [0.3, 0.4) is 0 Å². The predicted molar refractivity (Wildman–Crippen MR) is 73.3 cm³/mol. The monoisotopic (exact) mass is 263 g/mol. The Morgan fingerprint density at radius 3 is 3.11 bits per heavy atom. The van der Waals surface area contributed by atoms with Gasteiger partial charge < -0.3 is 14.8 Å². The summed E-state index contributed by atoms with van der Waals surface area (Å²) < 4.78 is 11.0. The van der Waals surface area contributed by atoms with Crippen molar-refractivity contribution in [2.75, 3.05) is 13.2 Å². The first-order valence-electron chi connectivity index (χ1n) is 6.75. The summed E-state index contributed by atoms with van der Waals surface area (Å²) in [6.07, 6.45) is 2.23. The first kappa shape index (κ1) is 13.9. The van der Waals surface area contributed by atoms with E-state index < -0.39 is 0 Å². The molecule has 0 aliphatic carbocycles. The normalized spacial score (nSPS) is 20.0. The average molecular weight is 263 g/mol. The Morgan fingerprint density at radius 2 is 2.42 bits per heavy atom. The van der Waals surface area contributed by atoms with E-state index in [0.717, 1.165) is 30.8 Å². The molecule has 19 heavy (non-hydrogen) atoms. The van der Waals surface area contributed by atoms with Gasteiger partial charge in [-0.3, -0.25) is 4.79 Å². The van der Waals surface area contributed by atoms with Gasteiger partial charge in [-0.25, -0.2) is 0 Å². The molecule has 4 nitrogen and oxygen atoms in total. The van der Waals surface area contributed by atoms with Crippen LogP contribution in [0.2, 0.25) is 0 Å². The van der Waals surface area contributed by atoms with E-state index >= 15 is 0 Å². The van der Waals surface area contributed by atoms with Gasteiger partial charge in [0.25, 0.3) is 5.91 Å². The molecule has 104 valence electrons. The lowest BCUT2D eigenvalue weighted by Crippen LogP contribution is -2.42. The maximum Gasteiger partial charge on any atom is 0.258 e. The van der Waals surface area contributed by atoms with E-state index in [2.05, 4.69) is 5.32 Å². The molecular formula is C15H21NO3. The van der Waals surface area contributed by atoms with Crippen molar-refractivity contribution in [1.82, 2.24) is 5.32 Å². The summed E-state index contributed by atoms with van der Waals surface area (Å²) in [5.41, 5.74) is 1.12. The fourth-order valence-corrected chi connectivity index (χ4v) is 2.24. The van der Waals surface area contributed by atoms with Crippen LogP contribution in [0.1, 0.15) is 25.3 Å². The van der Waals surface area contributed by atoms with Crippen LogP contribution in [0.5, 0.6) is 5.75 Å². The van der Waals surface area contributed by atoms with Crippen molar-refractivity contribution in [3.8, 4) is 5.75 Å². The van der Waals surface area contributed by atoms with Gasteiger partial charge in [-0.05, 0) is 44.4 Å². The van der Waals surface area contributed by atoms with E-state index in [-0.39, 0.29) is 24.7 Å². The molecule has 1 aliphatic heterocycles. The van der Waals surface area contributed by atoms with Crippen LogP contribution in [0.4, 0.5) is 0 Å². The summed E-state index contributed by atoms with van der Waals surface area (Å²) in [6, 6.07) is 7.71. The van der Waals surface area contributed by atoms with Crippen molar-refractivity contribution >= 4 is 5.91 Å². The van der Waals surface area contributed by atoms with Crippen LogP contribution >= 0.6 is 0 Å². The molecule has 0 aromatic heterocycles. The first-order valence-corrected chi connectivity index (χ1v) is 6.75. The molecule has 4 heteroatoms. The Balaban J connectivity index is 1.75. The van der Waals surface area contributed by atoms with Gasteiger partial charge >= 0.3 is 0 Å². The number of hydrogen-bond donors (Lipinski definition) is 1. The molecule has 0 spiro atoms. The molecule has 1 amide bonds. The van der Waals surface area contributed by atoms with Crippen molar-refractivity contribution in [2.24, 2.45) is 0 Å². The van der Waals surface area contributed by atoms with Crippen molar-refractivity contribution in [3.63, 3.8) is 0 Å². The van der Waals surface area contributed by atoms with Gasteiger partial charge in [0, 0.05) is 6.61 Å². The van der Waals surface area contributed by atoms with Crippen molar-refractivity contribution in [3.05, 3.63) is 29.8 Å². The molecule has 1 heterocycles. The van der Waals surface area contributed by atoms with Crippen LogP contribution in [0.25, 0.3) is 0 Å². The molecular weight excluding hydrogens is 242 g/mol. The Kier molecular flexibility index (Phi) is 4.80. The number of carbonyl (C=O) groups is 1. The Bertz CT molecular complexity index is 427. The third-order valence-corrected chi connectivity index (χ3v) is 3.27. The SMILES string of the molecule is Cc1cccc(OCC(=O)N[C@@H](C)[C@@H]2CCCO2)c1. The Labute approximate surface area is 114 Å². The maximum absolute atomic E-state index is 11.8. The van der Waals surface area contributed by atoms with Crippen molar-refractivity contribution in [1.29, 1.82) is 0 Å². The van der Waals surface area contributed by atoms with Crippen LogP contribution in [0.15, 0.2) is 24.3 Å². The van der Waals surface area contributed by atoms with Gasteiger partial charge in [-0.15, -0.1) is 0 Å². The largest absolute Gasteiger partial charge is 0.484 e. The number of ether oxygens (including phenoxy) is 2. The molecule has 1 aromatic rings. The van der Waals surface area contributed by atoms with Crippen LogP contribution < -0.4 is 10.1 Å². The summed E-state index contributed by atoms with van der Waals surface area (Å²) in [5.74, 6) is 0.615. The molecule has 1 fully saturated rings. The average Bonchev–Trinajstić information content (AvgIpc) is 2.90. The highest BCUT2D eigenvalue weighted by Gasteiger charge is 2.23. The van der Waals surface area contributed by atoms with Crippen molar-refractivity contribution in [2.45, 2.75) is 38.8 Å². The molecule has 0 radical (unpaired) electrons. The molecule has 1 N–H and O–H groups in total. The van der Waals surface area contributed by atoms with Gasteiger partial charge in [0.2, 0.25) is 0 Å². The fraction of sp³-hybridized carbons (Fsp3) is 0.533. The third-order valence-electron chi connectivity index (χ3n) is 3.27. The van der Waals surface area contributed by atoms with E-state index in [0.29, 0.717) is 0 Å². The smallest absolute Gasteiger partial charge is 0.258 e. The summed E-state index contributed by atoms with van der Waals surface area (Å²) in [4.78, 5) is 11.8. The number of carbonyl (C=O) groups excluding carboxylic acids is 1. The second-order valence-electron chi connectivity index (χ2n) is 5.01. The molecule has 0 bridgehead atoms. The zero-order valence-corrected chi connectivity index (χ0v) is 11.5. The topological polar surface area (TPSA) is 47.6 Å². The van der Waals surface area contributed by atoms with Crippen molar-refractivity contribution < 1.29 is 14.3 Å². The Morgan fingerprint density at radius 1 is 1.58 bits per heavy atom.